The molecule has 0 aromatic heterocycles. The number of hydrogen-bond acceptors (Lipinski definition) is 3. The lowest BCUT2D eigenvalue weighted by atomic mass is 10.0. The second kappa shape index (κ2) is 4.87. The first-order chi connectivity index (χ1) is 9.93. The SMILES string of the molecule is C/C=C/c1ccc(S(=O)(=O)C(F)(F)F)c2c1CC(F)(F)C2=O. The Morgan fingerprint density at radius 3 is 2.32 bits per heavy atom. The van der Waals surface area contributed by atoms with E-state index in [4.69, 9.17) is 0 Å². The van der Waals surface area contributed by atoms with Crippen LogP contribution < -0.4 is 0 Å². The fraction of sp³-hybridized carbons (Fsp3) is 0.308. The molecule has 0 bridgehead atoms. The topological polar surface area (TPSA) is 51.2 Å². The molecule has 1 aromatic rings. The Balaban J connectivity index is 2.84. The van der Waals surface area contributed by atoms with Gasteiger partial charge in [0.1, 0.15) is 0 Å². The van der Waals surface area contributed by atoms with E-state index in [9.17, 15) is 35.2 Å². The Morgan fingerprint density at radius 2 is 1.82 bits per heavy atom. The molecular weight excluding hydrogens is 331 g/mol. The summed E-state index contributed by atoms with van der Waals surface area (Å²) >= 11 is 0. The molecule has 22 heavy (non-hydrogen) atoms. The summed E-state index contributed by atoms with van der Waals surface area (Å²) in [5, 5.41) is 0. The molecule has 120 valence electrons. The predicted molar refractivity (Wildman–Crippen MR) is 67.4 cm³/mol. The smallest absolute Gasteiger partial charge is 0.287 e. The molecule has 1 aliphatic rings. The van der Waals surface area contributed by atoms with Gasteiger partial charge >= 0.3 is 11.4 Å². The fourth-order valence-electron chi connectivity index (χ4n) is 2.25. The van der Waals surface area contributed by atoms with E-state index in [0.29, 0.717) is 6.07 Å². The Hall–Kier alpha value is -1.77. The molecule has 0 N–H and O–H groups in total. The number of halogens is 5. The molecule has 9 heteroatoms. The molecule has 0 saturated carbocycles. The molecule has 0 heterocycles. The van der Waals surface area contributed by atoms with Crippen molar-refractivity contribution in [2.45, 2.75) is 29.7 Å². The Kier molecular flexibility index (Phi) is 3.67. The van der Waals surface area contributed by atoms with E-state index in [2.05, 4.69) is 0 Å². The van der Waals surface area contributed by atoms with Crippen molar-refractivity contribution >= 4 is 21.7 Å². The van der Waals surface area contributed by atoms with Crippen LogP contribution in [0.25, 0.3) is 6.08 Å². The van der Waals surface area contributed by atoms with Crippen LogP contribution in [0.3, 0.4) is 0 Å². The van der Waals surface area contributed by atoms with Crippen LogP contribution in [0.1, 0.15) is 28.4 Å². The van der Waals surface area contributed by atoms with Gasteiger partial charge in [0, 0.05) is 12.0 Å². The molecule has 0 amide bonds. The summed E-state index contributed by atoms with van der Waals surface area (Å²) in [6, 6.07) is 1.52. The summed E-state index contributed by atoms with van der Waals surface area (Å²) in [6.07, 6.45) is 1.63. The summed E-state index contributed by atoms with van der Waals surface area (Å²) in [5.41, 5.74) is -7.05. The number of carbonyl (C=O) groups excluding carboxylic acids is 1. The van der Waals surface area contributed by atoms with Gasteiger partial charge in [0.05, 0.1) is 4.90 Å². The summed E-state index contributed by atoms with van der Waals surface area (Å²) < 4.78 is 88.1. The third kappa shape index (κ3) is 2.33. The van der Waals surface area contributed by atoms with Crippen molar-refractivity contribution in [3.8, 4) is 0 Å². The molecule has 0 unspecified atom stereocenters. The van der Waals surface area contributed by atoms with Crippen molar-refractivity contribution in [1.82, 2.24) is 0 Å². The molecule has 3 nitrogen and oxygen atoms in total. The molecule has 2 rings (SSSR count). The zero-order chi connectivity index (χ0) is 16.9. The highest BCUT2D eigenvalue weighted by molar-refractivity contribution is 7.92. The van der Waals surface area contributed by atoms with E-state index in [1.807, 2.05) is 0 Å². The molecule has 1 aliphatic carbocycles. The largest absolute Gasteiger partial charge is 0.501 e. The van der Waals surface area contributed by atoms with E-state index in [-0.39, 0.29) is 5.56 Å². The van der Waals surface area contributed by atoms with Crippen LogP contribution in [0.2, 0.25) is 0 Å². The van der Waals surface area contributed by atoms with Crippen LogP contribution in [0.15, 0.2) is 23.1 Å². The maximum Gasteiger partial charge on any atom is 0.501 e. The average molecular weight is 340 g/mol. The van der Waals surface area contributed by atoms with Crippen LogP contribution >= 0.6 is 0 Å². The molecule has 0 fully saturated rings. The molecule has 1 aromatic carbocycles. The maximum absolute atomic E-state index is 13.6. The van der Waals surface area contributed by atoms with Gasteiger partial charge in [-0.15, -0.1) is 0 Å². The van der Waals surface area contributed by atoms with Gasteiger partial charge in [0.2, 0.25) is 5.78 Å². The number of Topliss-reactive ketones (excluding diaryl/α,β-unsaturated/α-hetero) is 1. The van der Waals surface area contributed by atoms with Gasteiger partial charge < -0.3 is 0 Å². The van der Waals surface area contributed by atoms with E-state index in [1.54, 1.807) is 6.92 Å². The van der Waals surface area contributed by atoms with Crippen LogP contribution in [0.4, 0.5) is 22.0 Å². The second-order valence-corrected chi connectivity index (χ2v) is 6.58. The molecule has 0 atom stereocenters. The van der Waals surface area contributed by atoms with Crippen molar-refractivity contribution in [3.63, 3.8) is 0 Å². The number of sulfone groups is 1. The third-order valence-corrected chi connectivity index (χ3v) is 4.74. The standard InChI is InChI=1S/C13H9F5O3S/c1-2-3-7-4-5-9(22(20,21)13(16,17)18)10-8(7)6-12(14,15)11(10)19/h2-5H,6H2,1H3/b3-2+. The Labute approximate surface area is 122 Å². The monoisotopic (exact) mass is 340 g/mol. The minimum absolute atomic E-state index is 0.0872. The van der Waals surface area contributed by atoms with Gasteiger partial charge in [-0.2, -0.15) is 22.0 Å². The van der Waals surface area contributed by atoms with E-state index >= 15 is 0 Å². The number of ketones is 1. The minimum atomic E-state index is -5.89. The van der Waals surface area contributed by atoms with Crippen molar-refractivity contribution < 1.29 is 35.2 Å². The highest BCUT2D eigenvalue weighted by Crippen LogP contribution is 2.42. The molecular formula is C13H9F5O3S. The number of alkyl halides is 5. The van der Waals surface area contributed by atoms with Crippen molar-refractivity contribution in [2.24, 2.45) is 0 Å². The normalized spacial score (nSPS) is 18.0. The van der Waals surface area contributed by atoms with Crippen LogP contribution in [-0.4, -0.2) is 25.6 Å². The number of fused-ring (bicyclic) bond motifs is 1. The highest BCUT2D eigenvalue weighted by Gasteiger charge is 2.54. The van der Waals surface area contributed by atoms with Crippen LogP contribution in [0, 0.1) is 0 Å². The number of hydrogen-bond donors (Lipinski definition) is 0. The lowest BCUT2D eigenvalue weighted by Gasteiger charge is -2.12. The summed E-state index contributed by atoms with van der Waals surface area (Å²) in [5.74, 6) is -5.83. The summed E-state index contributed by atoms with van der Waals surface area (Å²) in [4.78, 5) is 10.2. The number of allylic oxidation sites excluding steroid dienone is 1. The van der Waals surface area contributed by atoms with Gasteiger partial charge in [0.25, 0.3) is 9.84 Å². The zero-order valence-corrected chi connectivity index (χ0v) is 11.9. The number of carbonyl (C=O) groups is 1. The van der Waals surface area contributed by atoms with Gasteiger partial charge in [-0.3, -0.25) is 4.79 Å². The third-order valence-electron chi connectivity index (χ3n) is 3.21. The molecule has 0 aliphatic heterocycles. The quantitative estimate of drug-likeness (QED) is 0.776. The summed E-state index contributed by atoms with van der Waals surface area (Å²) in [6.45, 7) is 1.54. The van der Waals surface area contributed by atoms with Crippen LogP contribution in [0.5, 0.6) is 0 Å². The Morgan fingerprint density at radius 1 is 1.23 bits per heavy atom. The zero-order valence-electron chi connectivity index (χ0n) is 11.0. The van der Waals surface area contributed by atoms with Gasteiger partial charge in [0.15, 0.2) is 0 Å². The number of benzene rings is 1. The second-order valence-electron chi connectivity index (χ2n) is 4.67. The lowest BCUT2D eigenvalue weighted by Crippen LogP contribution is -2.28. The number of rotatable bonds is 2. The van der Waals surface area contributed by atoms with Crippen molar-refractivity contribution in [2.75, 3.05) is 0 Å². The average Bonchev–Trinajstić information content (AvgIpc) is 2.61. The molecule has 0 saturated heterocycles. The van der Waals surface area contributed by atoms with E-state index in [1.165, 1.54) is 12.2 Å². The van der Waals surface area contributed by atoms with E-state index < -0.39 is 49.5 Å². The van der Waals surface area contributed by atoms with Gasteiger partial charge in [-0.1, -0.05) is 18.2 Å². The predicted octanol–water partition coefficient (Wildman–Crippen LogP) is 3.39. The molecule has 0 radical (unpaired) electrons. The van der Waals surface area contributed by atoms with Crippen molar-refractivity contribution in [1.29, 1.82) is 0 Å². The van der Waals surface area contributed by atoms with Gasteiger partial charge in [-0.05, 0) is 24.1 Å². The molecule has 0 spiro atoms. The first kappa shape index (κ1) is 16.6. The fourth-order valence-corrected chi connectivity index (χ4v) is 3.23. The van der Waals surface area contributed by atoms with Crippen LogP contribution in [-0.2, 0) is 16.3 Å². The maximum atomic E-state index is 13.6. The first-order valence-corrected chi connectivity index (χ1v) is 7.44. The summed E-state index contributed by atoms with van der Waals surface area (Å²) in [7, 11) is -5.89. The van der Waals surface area contributed by atoms with E-state index in [0.717, 1.165) is 6.07 Å². The lowest BCUT2D eigenvalue weighted by molar-refractivity contribution is -0.0436. The van der Waals surface area contributed by atoms with Gasteiger partial charge in [-0.25, -0.2) is 8.42 Å². The highest BCUT2D eigenvalue weighted by atomic mass is 32.2. The first-order valence-electron chi connectivity index (χ1n) is 5.96. The minimum Gasteiger partial charge on any atom is -0.287 e. The Bertz CT molecular complexity index is 776. The van der Waals surface area contributed by atoms with Crippen molar-refractivity contribution in [3.05, 3.63) is 34.9 Å².